The van der Waals surface area contributed by atoms with E-state index < -0.39 is 0 Å². The van der Waals surface area contributed by atoms with Gasteiger partial charge in [0.05, 0.1) is 11.7 Å². The number of carbonyl (C=O) groups is 1. The van der Waals surface area contributed by atoms with Crippen LogP contribution in [-0.2, 0) is 0 Å². The molecule has 2 aromatic rings. The van der Waals surface area contributed by atoms with E-state index in [-0.39, 0.29) is 18.1 Å². The van der Waals surface area contributed by atoms with Crippen molar-refractivity contribution in [2.24, 2.45) is 0 Å². The molecule has 1 aromatic heterocycles. The molecule has 0 bridgehead atoms. The number of aliphatic hydroxyl groups excluding tert-OH is 1. The summed E-state index contributed by atoms with van der Waals surface area (Å²) in [6, 6.07) is 9.79. The molecule has 22 heavy (non-hydrogen) atoms. The number of benzene rings is 1. The first-order chi connectivity index (χ1) is 10.7. The first-order valence-corrected chi connectivity index (χ1v) is 7.59. The van der Waals surface area contributed by atoms with Crippen LogP contribution in [0.4, 0.5) is 0 Å². The second-order valence-electron chi connectivity index (χ2n) is 5.64. The van der Waals surface area contributed by atoms with Crippen LogP contribution in [0.1, 0.15) is 36.0 Å². The zero-order valence-corrected chi connectivity index (χ0v) is 12.3. The minimum absolute atomic E-state index is 0.129. The van der Waals surface area contributed by atoms with Crippen molar-refractivity contribution in [3.8, 4) is 11.4 Å². The first kappa shape index (κ1) is 14.7. The molecule has 2 N–H and O–H groups in total. The van der Waals surface area contributed by atoms with Crippen molar-refractivity contribution in [3.05, 3.63) is 48.3 Å². The fourth-order valence-corrected chi connectivity index (χ4v) is 2.67. The molecule has 1 amide bonds. The molecule has 0 atom stereocenters. The Morgan fingerprint density at radius 3 is 2.32 bits per heavy atom. The highest BCUT2D eigenvalue weighted by atomic mass is 16.3. The molecule has 1 heterocycles. The normalized spacial score (nSPS) is 21.3. The van der Waals surface area contributed by atoms with Crippen LogP contribution < -0.4 is 5.32 Å². The summed E-state index contributed by atoms with van der Waals surface area (Å²) in [7, 11) is 0. The van der Waals surface area contributed by atoms with E-state index in [1.54, 1.807) is 12.4 Å². The summed E-state index contributed by atoms with van der Waals surface area (Å²) >= 11 is 0. The maximum absolute atomic E-state index is 12.2. The number of carbonyl (C=O) groups excluding carboxylic acids is 1. The van der Waals surface area contributed by atoms with E-state index in [2.05, 4.69) is 15.3 Å². The molecule has 0 saturated heterocycles. The van der Waals surface area contributed by atoms with Gasteiger partial charge < -0.3 is 10.4 Å². The molecule has 5 heteroatoms. The van der Waals surface area contributed by atoms with Crippen LogP contribution in [0.25, 0.3) is 11.4 Å². The van der Waals surface area contributed by atoms with Crippen LogP contribution in [0.5, 0.6) is 0 Å². The molecule has 1 saturated carbocycles. The molecule has 0 unspecified atom stereocenters. The van der Waals surface area contributed by atoms with E-state index in [4.69, 9.17) is 0 Å². The summed E-state index contributed by atoms with van der Waals surface area (Å²) in [5.74, 6) is 0.457. The van der Waals surface area contributed by atoms with Gasteiger partial charge in [0.1, 0.15) is 0 Å². The lowest BCUT2D eigenvalue weighted by Gasteiger charge is -2.26. The summed E-state index contributed by atoms with van der Waals surface area (Å²) in [6.07, 6.45) is 6.01. The molecule has 3 rings (SSSR count). The molecule has 0 radical (unpaired) electrons. The van der Waals surface area contributed by atoms with E-state index in [1.165, 1.54) is 0 Å². The Morgan fingerprint density at radius 2 is 1.68 bits per heavy atom. The number of hydrogen-bond donors (Lipinski definition) is 2. The lowest BCUT2D eigenvalue weighted by Crippen LogP contribution is -2.38. The monoisotopic (exact) mass is 297 g/mol. The molecule has 1 aromatic carbocycles. The average Bonchev–Trinajstić information content (AvgIpc) is 2.58. The third-order valence-electron chi connectivity index (χ3n) is 3.98. The predicted molar refractivity (Wildman–Crippen MR) is 83.2 cm³/mol. The number of nitrogens with zero attached hydrogens (tertiary/aromatic N) is 2. The van der Waals surface area contributed by atoms with Crippen LogP contribution in [0, 0.1) is 0 Å². The van der Waals surface area contributed by atoms with Gasteiger partial charge in [0.15, 0.2) is 5.82 Å². The number of rotatable bonds is 3. The molecule has 0 spiro atoms. The van der Waals surface area contributed by atoms with Crippen molar-refractivity contribution in [1.82, 2.24) is 15.3 Å². The number of amides is 1. The first-order valence-electron chi connectivity index (χ1n) is 7.59. The Kier molecular flexibility index (Phi) is 4.44. The van der Waals surface area contributed by atoms with Crippen molar-refractivity contribution in [2.75, 3.05) is 0 Å². The third-order valence-corrected chi connectivity index (χ3v) is 3.98. The maximum Gasteiger partial charge on any atom is 0.254 e. The van der Waals surface area contributed by atoms with E-state index in [9.17, 15) is 9.90 Å². The molecular formula is C17H19N3O2. The van der Waals surface area contributed by atoms with Crippen LogP contribution in [0.2, 0.25) is 0 Å². The molecule has 1 aliphatic rings. The van der Waals surface area contributed by atoms with Gasteiger partial charge in [-0.1, -0.05) is 30.3 Å². The fraction of sp³-hybridized carbons (Fsp3) is 0.353. The number of nitrogens with one attached hydrogen (secondary N) is 1. The third kappa shape index (κ3) is 3.49. The van der Waals surface area contributed by atoms with Gasteiger partial charge in [-0.2, -0.15) is 0 Å². The van der Waals surface area contributed by atoms with E-state index >= 15 is 0 Å². The molecule has 0 aliphatic heterocycles. The zero-order valence-electron chi connectivity index (χ0n) is 12.3. The second kappa shape index (κ2) is 6.66. The van der Waals surface area contributed by atoms with Crippen molar-refractivity contribution < 1.29 is 9.90 Å². The van der Waals surface area contributed by atoms with Crippen molar-refractivity contribution in [2.45, 2.75) is 37.8 Å². The van der Waals surface area contributed by atoms with E-state index in [0.29, 0.717) is 11.4 Å². The average molecular weight is 297 g/mol. The second-order valence-corrected chi connectivity index (χ2v) is 5.64. The van der Waals surface area contributed by atoms with Gasteiger partial charge in [-0.25, -0.2) is 9.97 Å². The molecular weight excluding hydrogens is 278 g/mol. The van der Waals surface area contributed by atoms with Gasteiger partial charge in [0, 0.05) is 24.0 Å². The van der Waals surface area contributed by atoms with Crippen LogP contribution in [0.3, 0.4) is 0 Å². The predicted octanol–water partition coefficient (Wildman–Crippen LogP) is 2.18. The number of aliphatic hydroxyl groups is 1. The number of aromatic nitrogens is 2. The standard InChI is InChI=1S/C17H19N3O2/c21-15-8-6-14(7-9-15)20-17(22)13-10-18-16(19-11-13)12-4-2-1-3-5-12/h1-5,10-11,14-15,21H,6-9H2,(H,20,22). The highest BCUT2D eigenvalue weighted by Crippen LogP contribution is 2.19. The van der Waals surface area contributed by atoms with Crippen LogP contribution in [0.15, 0.2) is 42.7 Å². The Bertz CT molecular complexity index is 620. The van der Waals surface area contributed by atoms with Crippen molar-refractivity contribution >= 4 is 5.91 Å². The largest absolute Gasteiger partial charge is 0.393 e. The molecule has 5 nitrogen and oxygen atoms in total. The summed E-state index contributed by atoms with van der Waals surface area (Å²) in [6.45, 7) is 0. The lowest BCUT2D eigenvalue weighted by molar-refractivity contribution is 0.0867. The topological polar surface area (TPSA) is 75.1 Å². The summed E-state index contributed by atoms with van der Waals surface area (Å²) in [4.78, 5) is 20.7. The van der Waals surface area contributed by atoms with Crippen molar-refractivity contribution in [3.63, 3.8) is 0 Å². The van der Waals surface area contributed by atoms with Gasteiger partial charge in [-0.05, 0) is 25.7 Å². The zero-order chi connectivity index (χ0) is 15.4. The smallest absolute Gasteiger partial charge is 0.254 e. The highest BCUT2D eigenvalue weighted by Gasteiger charge is 2.21. The van der Waals surface area contributed by atoms with Crippen LogP contribution in [-0.4, -0.2) is 33.1 Å². The van der Waals surface area contributed by atoms with E-state index in [0.717, 1.165) is 31.2 Å². The Labute approximate surface area is 129 Å². The van der Waals surface area contributed by atoms with Gasteiger partial charge in [-0.3, -0.25) is 4.79 Å². The molecule has 114 valence electrons. The Morgan fingerprint density at radius 1 is 1.05 bits per heavy atom. The van der Waals surface area contributed by atoms with Gasteiger partial charge in [0.25, 0.3) is 5.91 Å². The summed E-state index contributed by atoms with van der Waals surface area (Å²) in [5, 5.41) is 12.5. The minimum atomic E-state index is -0.221. The summed E-state index contributed by atoms with van der Waals surface area (Å²) < 4.78 is 0. The summed E-state index contributed by atoms with van der Waals surface area (Å²) in [5.41, 5.74) is 1.39. The molecule has 1 aliphatic carbocycles. The van der Waals surface area contributed by atoms with Gasteiger partial charge in [0.2, 0.25) is 0 Å². The van der Waals surface area contributed by atoms with Crippen LogP contribution >= 0.6 is 0 Å². The quantitative estimate of drug-likeness (QED) is 0.910. The van der Waals surface area contributed by atoms with Crippen molar-refractivity contribution in [1.29, 1.82) is 0 Å². The maximum atomic E-state index is 12.2. The Hall–Kier alpha value is -2.27. The fourth-order valence-electron chi connectivity index (χ4n) is 2.67. The van der Waals surface area contributed by atoms with Gasteiger partial charge in [-0.15, -0.1) is 0 Å². The highest BCUT2D eigenvalue weighted by molar-refractivity contribution is 5.93. The number of hydrogen-bond acceptors (Lipinski definition) is 4. The lowest BCUT2D eigenvalue weighted by atomic mass is 9.93. The minimum Gasteiger partial charge on any atom is -0.393 e. The molecule has 1 fully saturated rings. The Balaban J connectivity index is 1.64. The SMILES string of the molecule is O=C(NC1CCC(O)CC1)c1cnc(-c2ccccc2)nc1. The van der Waals surface area contributed by atoms with Gasteiger partial charge >= 0.3 is 0 Å². The van der Waals surface area contributed by atoms with E-state index in [1.807, 2.05) is 30.3 Å².